The third-order valence-electron chi connectivity index (χ3n) is 9.29. The summed E-state index contributed by atoms with van der Waals surface area (Å²) in [5, 5.41) is 5.34. The van der Waals surface area contributed by atoms with Crippen molar-refractivity contribution in [3.05, 3.63) is 77.5 Å². The standard InChI is InChI=1S/C35H39N5O3/c1-22-15-26(27-19-36-24(3)37-20-27)16-28-33(23(2)41)38-39(34(22)28)21-32(43)40-29(17-35(4)18-31(35)40)30(42)14-10-6-9-13-25-11-7-5-8-12-25/h5,7-8,11-12,15-16,19-20,29,31H,6,9-10,13-14,17-18,21H2,1-4H3/t29-,31+,35-/m0/s1. The molecule has 222 valence electrons. The summed E-state index contributed by atoms with van der Waals surface area (Å²) in [6.07, 6.45) is 9.59. The summed E-state index contributed by atoms with van der Waals surface area (Å²) >= 11 is 0. The van der Waals surface area contributed by atoms with Gasteiger partial charge in [-0.15, -0.1) is 0 Å². The smallest absolute Gasteiger partial charge is 0.245 e. The highest BCUT2D eigenvalue weighted by Gasteiger charge is 2.64. The highest BCUT2D eigenvalue weighted by molar-refractivity contribution is 6.07. The number of hydrogen-bond acceptors (Lipinski definition) is 6. The Morgan fingerprint density at radius 2 is 1.70 bits per heavy atom. The van der Waals surface area contributed by atoms with Gasteiger partial charge in [-0.1, -0.05) is 43.7 Å². The summed E-state index contributed by atoms with van der Waals surface area (Å²) < 4.78 is 1.66. The second-order valence-electron chi connectivity index (χ2n) is 12.7. The lowest BCUT2D eigenvalue weighted by molar-refractivity contribution is -0.139. The molecule has 43 heavy (non-hydrogen) atoms. The van der Waals surface area contributed by atoms with Gasteiger partial charge >= 0.3 is 0 Å². The van der Waals surface area contributed by atoms with Gasteiger partial charge in [0.2, 0.25) is 5.91 Å². The van der Waals surface area contributed by atoms with Crippen LogP contribution in [-0.4, -0.2) is 54.2 Å². The number of nitrogens with zero attached hydrogens (tertiary/aromatic N) is 5. The van der Waals surface area contributed by atoms with Crippen LogP contribution in [-0.2, 0) is 22.6 Å². The average molecular weight is 578 g/mol. The van der Waals surface area contributed by atoms with E-state index in [4.69, 9.17) is 0 Å². The Morgan fingerprint density at radius 3 is 2.42 bits per heavy atom. The van der Waals surface area contributed by atoms with Gasteiger partial charge in [0.1, 0.15) is 18.1 Å². The van der Waals surface area contributed by atoms with Gasteiger partial charge in [-0.2, -0.15) is 5.10 Å². The van der Waals surface area contributed by atoms with Gasteiger partial charge < -0.3 is 4.90 Å². The average Bonchev–Trinajstić information content (AvgIpc) is 3.34. The Labute approximate surface area is 252 Å². The fourth-order valence-electron chi connectivity index (χ4n) is 6.85. The Kier molecular flexibility index (Phi) is 7.71. The first-order valence-electron chi connectivity index (χ1n) is 15.3. The highest BCUT2D eigenvalue weighted by Crippen LogP contribution is 2.59. The van der Waals surface area contributed by atoms with E-state index < -0.39 is 0 Å². The molecule has 3 atom stereocenters. The van der Waals surface area contributed by atoms with Crippen molar-refractivity contribution in [3.63, 3.8) is 0 Å². The van der Waals surface area contributed by atoms with Crippen LogP contribution in [0.2, 0.25) is 0 Å². The summed E-state index contributed by atoms with van der Waals surface area (Å²) in [7, 11) is 0. The number of carbonyl (C=O) groups excluding carboxylic acids is 3. The number of amides is 1. The van der Waals surface area contributed by atoms with E-state index >= 15 is 0 Å². The summed E-state index contributed by atoms with van der Waals surface area (Å²) in [4.78, 5) is 50.5. The normalized spacial score (nSPS) is 20.8. The number of aromatic nitrogens is 4. The maximum atomic E-state index is 13.9. The van der Waals surface area contributed by atoms with Gasteiger partial charge in [0.15, 0.2) is 11.6 Å². The zero-order valence-corrected chi connectivity index (χ0v) is 25.5. The topological polar surface area (TPSA) is 98.1 Å². The zero-order valence-electron chi connectivity index (χ0n) is 25.5. The van der Waals surface area contributed by atoms with Crippen LogP contribution in [0.15, 0.2) is 54.9 Å². The van der Waals surface area contributed by atoms with E-state index in [0.29, 0.717) is 23.3 Å². The third-order valence-corrected chi connectivity index (χ3v) is 9.29. The fourth-order valence-corrected chi connectivity index (χ4v) is 6.85. The molecule has 8 nitrogen and oxygen atoms in total. The molecule has 1 aliphatic heterocycles. The van der Waals surface area contributed by atoms with Crippen LogP contribution in [0.1, 0.15) is 79.8 Å². The van der Waals surface area contributed by atoms with Crippen LogP contribution in [0.5, 0.6) is 0 Å². The molecule has 3 heterocycles. The molecule has 1 saturated carbocycles. The molecule has 6 rings (SSSR count). The molecule has 8 heteroatoms. The number of hydrogen-bond donors (Lipinski definition) is 0. The largest absolute Gasteiger partial charge is 0.327 e. The van der Waals surface area contributed by atoms with Crippen molar-refractivity contribution in [1.82, 2.24) is 24.6 Å². The number of rotatable bonds is 11. The lowest BCUT2D eigenvalue weighted by Crippen LogP contribution is -2.44. The van der Waals surface area contributed by atoms with Crippen molar-refractivity contribution < 1.29 is 14.4 Å². The first-order chi connectivity index (χ1) is 20.6. The molecular weight excluding hydrogens is 538 g/mol. The Hall–Kier alpha value is -4.20. The van der Waals surface area contributed by atoms with E-state index in [1.165, 1.54) is 12.5 Å². The molecule has 1 amide bonds. The summed E-state index contributed by atoms with van der Waals surface area (Å²) in [6.45, 7) is 7.47. The number of unbranched alkanes of at least 4 members (excludes halogenated alkanes) is 2. The van der Waals surface area contributed by atoms with E-state index in [9.17, 15) is 14.4 Å². The Morgan fingerprint density at radius 1 is 0.953 bits per heavy atom. The van der Waals surface area contributed by atoms with E-state index in [0.717, 1.165) is 60.7 Å². The van der Waals surface area contributed by atoms with E-state index in [1.54, 1.807) is 17.1 Å². The van der Waals surface area contributed by atoms with Gasteiger partial charge in [-0.05, 0) is 80.2 Å². The molecule has 2 aromatic heterocycles. The van der Waals surface area contributed by atoms with Crippen LogP contribution in [0.3, 0.4) is 0 Å². The van der Waals surface area contributed by atoms with Gasteiger partial charge in [0.05, 0.1) is 11.6 Å². The number of piperidine rings is 1. The number of aryl methyl sites for hydroxylation is 3. The Bertz CT molecular complexity index is 1690. The predicted octanol–water partition coefficient (Wildman–Crippen LogP) is 6.06. The highest BCUT2D eigenvalue weighted by atomic mass is 16.2. The summed E-state index contributed by atoms with van der Waals surface area (Å²) in [5.41, 5.74) is 5.07. The molecule has 1 saturated heterocycles. The molecule has 0 spiro atoms. The molecule has 0 radical (unpaired) electrons. The van der Waals surface area contributed by atoms with Crippen LogP contribution >= 0.6 is 0 Å². The fraction of sp³-hybridized carbons (Fsp3) is 0.429. The summed E-state index contributed by atoms with van der Waals surface area (Å²) in [6, 6.07) is 14.1. The van der Waals surface area contributed by atoms with Crippen LogP contribution in [0.25, 0.3) is 22.0 Å². The van der Waals surface area contributed by atoms with Gasteiger partial charge in [-0.3, -0.25) is 19.1 Å². The van der Waals surface area contributed by atoms with Crippen molar-refractivity contribution in [1.29, 1.82) is 0 Å². The van der Waals surface area contributed by atoms with Gasteiger partial charge in [0.25, 0.3) is 0 Å². The Balaban J connectivity index is 1.18. The van der Waals surface area contributed by atoms with Crippen molar-refractivity contribution in [2.75, 3.05) is 0 Å². The molecule has 1 aliphatic carbocycles. The monoisotopic (exact) mass is 577 g/mol. The maximum Gasteiger partial charge on any atom is 0.245 e. The van der Waals surface area contributed by atoms with E-state index in [1.807, 2.05) is 36.9 Å². The zero-order chi connectivity index (χ0) is 30.3. The van der Waals surface area contributed by atoms with Crippen molar-refractivity contribution in [2.45, 2.75) is 91.3 Å². The minimum atomic E-state index is -0.381. The van der Waals surface area contributed by atoms with Gasteiger partial charge in [-0.25, -0.2) is 9.97 Å². The number of likely N-dealkylation sites (tertiary alicyclic amines) is 1. The molecule has 0 unspecified atom stereocenters. The number of Topliss-reactive ketones (excluding diaryl/α,β-unsaturated/α-hetero) is 2. The van der Waals surface area contributed by atoms with E-state index in [2.05, 4.69) is 46.3 Å². The molecule has 2 fully saturated rings. The molecule has 2 aliphatic rings. The second-order valence-corrected chi connectivity index (χ2v) is 12.7. The van der Waals surface area contributed by atoms with Gasteiger partial charge in [0, 0.05) is 42.7 Å². The summed E-state index contributed by atoms with van der Waals surface area (Å²) in [5.74, 6) is 0.580. The van der Waals surface area contributed by atoms with Crippen LogP contribution in [0, 0.1) is 19.3 Å². The molecule has 0 N–H and O–H groups in total. The first kappa shape index (κ1) is 28.9. The predicted molar refractivity (Wildman–Crippen MR) is 166 cm³/mol. The molecule has 4 aromatic rings. The van der Waals surface area contributed by atoms with Crippen molar-refractivity contribution in [2.24, 2.45) is 5.41 Å². The van der Waals surface area contributed by atoms with Crippen molar-refractivity contribution >= 4 is 28.4 Å². The van der Waals surface area contributed by atoms with E-state index in [-0.39, 0.29) is 41.5 Å². The lowest BCUT2D eigenvalue weighted by atomic mass is 9.96. The first-order valence-corrected chi connectivity index (χ1v) is 15.3. The molecular formula is C35H39N5O3. The van der Waals surface area contributed by atoms with Crippen LogP contribution in [0.4, 0.5) is 0 Å². The van der Waals surface area contributed by atoms with Crippen LogP contribution < -0.4 is 0 Å². The third kappa shape index (κ3) is 5.75. The molecule has 0 bridgehead atoms. The number of fused-ring (bicyclic) bond motifs is 2. The maximum absolute atomic E-state index is 13.9. The molecule has 2 aromatic carbocycles. The minimum absolute atomic E-state index is 0.00888. The number of benzene rings is 2. The number of ketones is 2. The number of carbonyl (C=O) groups is 3. The SMILES string of the molecule is CC(=O)c1nn(CC(=O)N2[C@H](C(=O)CCCCCc3ccccc3)C[C@@]3(C)C[C@@H]23)c2c(C)cc(-c3cnc(C)nc3)cc12. The minimum Gasteiger partial charge on any atom is -0.327 e. The lowest BCUT2D eigenvalue weighted by Gasteiger charge is -2.27. The quantitative estimate of drug-likeness (QED) is 0.159. The second kappa shape index (κ2) is 11.5. The van der Waals surface area contributed by atoms with Crippen molar-refractivity contribution in [3.8, 4) is 11.1 Å².